The first-order valence-corrected chi connectivity index (χ1v) is 8.20. The van der Waals surface area contributed by atoms with Crippen LogP contribution in [0.5, 0.6) is 5.75 Å². The lowest BCUT2D eigenvalue weighted by Gasteiger charge is -2.16. The van der Waals surface area contributed by atoms with E-state index >= 15 is 0 Å². The molecular weight excluding hydrogens is 260 g/mol. The van der Waals surface area contributed by atoms with Crippen LogP contribution in [0.4, 0.5) is 0 Å². The van der Waals surface area contributed by atoms with Gasteiger partial charge in [0.25, 0.3) is 0 Å². The molecule has 0 aromatic heterocycles. The van der Waals surface area contributed by atoms with Crippen LogP contribution in [0.25, 0.3) is 0 Å². The molecule has 0 atom stereocenters. The van der Waals surface area contributed by atoms with Crippen LogP contribution in [0.3, 0.4) is 0 Å². The summed E-state index contributed by atoms with van der Waals surface area (Å²) in [6.07, 6.45) is 9.48. The number of nitrogens with zero attached hydrogens (tertiary/aromatic N) is 1. The van der Waals surface area contributed by atoms with Gasteiger partial charge >= 0.3 is 0 Å². The van der Waals surface area contributed by atoms with Gasteiger partial charge in [-0.05, 0) is 37.0 Å². The topological polar surface area (TPSA) is 45.0 Å². The molecule has 0 amide bonds. The van der Waals surface area contributed by atoms with E-state index in [0.717, 1.165) is 18.7 Å². The minimum Gasteiger partial charge on any atom is -0.494 e. The molecule has 2 rings (SSSR count). The molecule has 3 nitrogen and oxygen atoms in total. The molecule has 114 valence electrons. The highest BCUT2D eigenvalue weighted by atomic mass is 16.5. The molecule has 1 aliphatic carbocycles. The van der Waals surface area contributed by atoms with Crippen molar-refractivity contribution in [2.75, 3.05) is 6.61 Å². The third kappa shape index (κ3) is 6.18. The van der Waals surface area contributed by atoms with Crippen LogP contribution in [0.2, 0.25) is 0 Å². The lowest BCUT2D eigenvalue weighted by Crippen LogP contribution is -2.27. The van der Waals surface area contributed by atoms with Gasteiger partial charge in [0.1, 0.15) is 5.75 Å². The van der Waals surface area contributed by atoms with Gasteiger partial charge < -0.3 is 10.1 Å². The van der Waals surface area contributed by atoms with Crippen LogP contribution in [0.1, 0.15) is 56.9 Å². The zero-order valence-electron chi connectivity index (χ0n) is 12.8. The van der Waals surface area contributed by atoms with Gasteiger partial charge in [0.15, 0.2) is 0 Å². The Morgan fingerprint density at radius 3 is 2.76 bits per heavy atom. The third-order valence-electron chi connectivity index (χ3n) is 4.05. The van der Waals surface area contributed by atoms with Crippen molar-refractivity contribution in [2.24, 2.45) is 0 Å². The molecule has 0 spiro atoms. The van der Waals surface area contributed by atoms with E-state index in [-0.39, 0.29) is 0 Å². The number of nitriles is 1. The van der Waals surface area contributed by atoms with Gasteiger partial charge in [-0.3, -0.25) is 0 Å². The highest BCUT2D eigenvalue weighted by Gasteiger charge is 2.11. The van der Waals surface area contributed by atoms with Crippen LogP contribution in [0.15, 0.2) is 24.3 Å². The fourth-order valence-electron chi connectivity index (χ4n) is 2.83. The number of rotatable bonds is 7. The van der Waals surface area contributed by atoms with Gasteiger partial charge in [-0.25, -0.2) is 0 Å². The number of unbranched alkanes of at least 4 members (excludes halogenated alkanes) is 1. The molecule has 1 saturated carbocycles. The Bertz CT molecular complexity index is 445. The Labute approximate surface area is 128 Å². The number of nitrogens with one attached hydrogen (secondary N) is 1. The first-order valence-electron chi connectivity index (χ1n) is 8.20. The van der Waals surface area contributed by atoms with E-state index in [1.54, 1.807) is 0 Å². The number of benzene rings is 1. The van der Waals surface area contributed by atoms with E-state index in [1.807, 2.05) is 12.1 Å². The Morgan fingerprint density at radius 1 is 1.19 bits per heavy atom. The molecular formula is C18H26N2O. The average molecular weight is 286 g/mol. The Morgan fingerprint density at radius 2 is 2.00 bits per heavy atom. The summed E-state index contributed by atoms with van der Waals surface area (Å²) in [6.45, 7) is 1.53. The predicted molar refractivity (Wildman–Crippen MR) is 85.1 cm³/mol. The maximum absolute atomic E-state index is 8.51. The van der Waals surface area contributed by atoms with E-state index in [9.17, 15) is 0 Å². The van der Waals surface area contributed by atoms with Crippen molar-refractivity contribution in [3.05, 3.63) is 29.8 Å². The zero-order valence-corrected chi connectivity index (χ0v) is 12.8. The minimum absolute atomic E-state index is 0.558. The quantitative estimate of drug-likeness (QED) is 0.604. The van der Waals surface area contributed by atoms with Crippen LogP contribution < -0.4 is 10.1 Å². The van der Waals surface area contributed by atoms with E-state index in [1.165, 1.54) is 44.1 Å². The molecule has 0 bridgehead atoms. The van der Waals surface area contributed by atoms with Crippen molar-refractivity contribution in [3.8, 4) is 11.8 Å². The van der Waals surface area contributed by atoms with Gasteiger partial charge in [0, 0.05) is 19.0 Å². The fraction of sp³-hybridized carbons (Fsp3) is 0.611. The van der Waals surface area contributed by atoms with Crippen molar-refractivity contribution in [1.29, 1.82) is 5.26 Å². The fourth-order valence-corrected chi connectivity index (χ4v) is 2.83. The normalized spacial score (nSPS) is 16.1. The molecule has 0 aliphatic heterocycles. The largest absolute Gasteiger partial charge is 0.494 e. The van der Waals surface area contributed by atoms with Gasteiger partial charge in [-0.15, -0.1) is 0 Å². The van der Waals surface area contributed by atoms with Crippen LogP contribution in [-0.4, -0.2) is 12.6 Å². The summed E-state index contributed by atoms with van der Waals surface area (Å²) in [5.74, 6) is 0.910. The average Bonchev–Trinajstić information content (AvgIpc) is 2.79. The highest BCUT2D eigenvalue weighted by molar-refractivity contribution is 5.28. The van der Waals surface area contributed by atoms with Crippen molar-refractivity contribution in [1.82, 2.24) is 5.32 Å². The van der Waals surface area contributed by atoms with Crippen molar-refractivity contribution in [3.63, 3.8) is 0 Å². The smallest absolute Gasteiger partial charge is 0.119 e. The monoisotopic (exact) mass is 286 g/mol. The van der Waals surface area contributed by atoms with Gasteiger partial charge in [-0.1, -0.05) is 37.8 Å². The Kier molecular flexibility index (Phi) is 7.11. The molecule has 1 fully saturated rings. The summed E-state index contributed by atoms with van der Waals surface area (Å²) in [5.41, 5.74) is 1.28. The predicted octanol–water partition coefficient (Wildman–Crippen LogP) is 4.18. The summed E-state index contributed by atoms with van der Waals surface area (Å²) in [6, 6.07) is 11.1. The van der Waals surface area contributed by atoms with E-state index in [4.69, 9.17) is 10.00 Å². The van der Waals surface area contributed by atoms with Gasteiger partial charge in [-0.2, -0.15) is 5.26 Å². The molecule has 3 heteroatoms. The molecule has 1 aromatic rings. The van der Waals surface area contributed by atoms with Crippen LogP contribution in [0, 0.1) is 11.3 Å². The van der Waals surface area contributed by atoms with Crippen LogP contribution in [-0.2, 0) is 6.54 Å². The lowest BCUT2D eigenvalue weighted by atomic mass is 10.1. The second-order valence-corrected chi connectivity index (χ2v) is 5.83. The zero-order chi connectivity index (χ0) is 14.8. The minimum atomic E-state index is 0.558. The van der Waals surface area contributed by atoms with E-state index in [2.05, 4.69) is 23.5 Å². The van der Waals surface area contributed by atoms with E-state index < -0.39 is 0 Å². The standard InChI is InChI=1S/C18H26N2O/c19-12-5-6-13-21-18-11-7-8-16(14-18)15-20-17-9-3-1-2-4-10-17/h7-8,11,14,17,20H,1-6,9-10,13,15H2. The maximum Gasteiger partial charge on any atom is 0.119 e. The summed E-state index contributed by atoms with van der Waals surface area (Å²) < 4.78 is 5.68. The highest BCUT2D eigenvalue weighted by Crippen LogP contribution is 2.18. The second kappa shape index (κ2) is 9.41. The van der Waals surface area contributed by atoms with Gasteiger partial charge in [0.2, 0.25) is 0 Å². The number of ether oxygens (including phenoxy) is 1. The van der Waals surface area contributed by atoms with Crippen LogP contribution >= 0.6 is 0 Å². The summed E-state index contributed by atoms with van der Waals surface area (Å²) in [4.78, 5) is 0. The lowest BCUT2D eigenvalue weighted by molar-refractivity contribution is 0.312. The molecule has 0 heterocycles. The number of hydrogen-bond donors (Lipinski definition) is 1. The first-order chi connectivity index (χ1) is 10.4. The number of hydrogen-bond acceptors (Lipinski definition) is 3. The summed E-state index contributed by atoms with van der Waals surface area (Å²) in [5, 5.41) is 12.2. The molecule has 1 N–H and O–H groups in total. The Balaban J connectivity index is 1.76. The molecule has 21 heavy (non-hydrogen) atoms. The Hall–Kier alpha value is -1.53. The second-order valence-electron chi connectivity index (χ2n) is 5.83. The molecule has 0 unspecified atom stereocenters. The van der Waals surface area contributed by atoms with E-state index in [0.29, 0.717) is 19.1 Å². The third-order valence-corrected chi connectivity index (χ3v) is 4.05. The van der Waals surface area contributed by atoms with Crippen molar-refractivity contribution in [2.45, 2.75) is 64.0 Å². The molecule has 0 radical (unpaired) electrons. The van der Waals surface area contributed by atoms with Crippen molar-refractivity contribution >= 4 is 0 Å². The maximum atomic E-state index is 8.51. The van der Waals surface area contributed by atoms with Gasteiger partial charge in [0.05, 0.1) is 12.7 Å². The summed E-state index contributed by atoms with van der Waals surface area (Å²) >= 11 is 0. The van der Waals surface area contributed by atoms with Crippen molar-refractivity contribution < 1.29 is 4.74 Å². The SMILES string of the molecule is N#CCCCOc1cccc(CNC2CCCCCC2)c1. The summed E-state index contributed by atoms with van der Waals surface area (Å²) in [7, 11) is 0. The molecule has 1 aliphatic rings. The molecule has 1 aromatic carbocycles. The first kappa shape index (κ1) is 15.9. The molecule has 0 saturated heterocycles.